The molecule has 1 saturated heterocycles. The number of hydrogen-bond acceptors (Lipinski definition) is 4. The van der Waals surface area contributed by atoms with Gasteiger partial charge in [0.15, 0.2) is 0 Å². The van der Waals surface area contributed by atoms with E-state index >= 15 is 0 Å². The van der Waals surface area contributed by atoms with Gasteiger partial charge in [0.05, 0.1) is 18.4 Å². The first-order valence-electron chi connectivity index (χ1n) is 8.15. The van der Waals surface area contributed by atoms with Crippen LogP contribution < -0.4 is 10.1 Å². The second-order valence-corrected chi connectivity index (χ2v) is 5.96. The standard InChI is InChI=1S/C17H28N2O2/c1-4-19-17(10-15-7-5-6-8-20-15)14-9-16(12-18-11-14)21-13(2)3/h9,11-13,15,17,19H,4-8,10H2,1-3H3. The predicted octanol–water partition coefficient (Wildman–Crippen LogP) is 3.48. The largest absolute Gasteiger partial charge is 0.489 e. The highest BCUT2D eigenvalue weighted by atomic mass is 16.5. The number of pyridine rings is 1. The second kappa shape index (κ2) is 8.35. The summed E-state index contributed by atoms with van der Waals surface area (Å²) < 4.78 is 11.6. The Morgan fingerprint density at radius 1 is 1.38 bits per heavy atom. The molecule has 0 amide bonds. The summed E-state index contributed by atoms with van der Waals surface area (Å²) in [4.78, 5) is 4.33. The van der Waals surface area contributed by atoms with Crippen molar-refractivity contribution in [2.24, 2.45) is 0 Å². The number of ether oxygens (including phenoxy) is 2. The van der Waals surface area contributed by atoms with Gasteiger partial charge in [0.25, 0.3) is 0 Å². The van der Waals surface area contributed by atoms with Crippen LogP contribution in [-0.2, 0) is 4.74 Å². The molecule has 1 aliphatic heterocycles. The zero-order valence-corrected chi connectivity index (χ0v) is 13.5. The SMILES string of the molecule is CCNC(CC1CCCCO1)c1cncc(OC(C)C)c1. The molecule has 0 bridgehead atoms. The lowest BCUT2D eigenvalue weighted by Crippen LogP contribution is -2.29. The number of nitrogens with one attached hydrogen (secondary N) is 1. The van der Waals surface area contributed by atoms with Gasteiger partial charge in [0, 0.05) is 18.8 Å². The van der Waals surface area contributed by atoms with Gasteiger partial charge >= 0.3 is 0 Å². The first-order chi connectivity index (χ1) is 10.2. The number of rotatable bonds is 7. The molecule has 4 heteroatoms. The van der Waals surface area contributed by atoms with E-state index < -0.39 is 0 Å². The van der Waals surface area contributed by atoms with Gasteiger partial charge in [-0.2, -0.15) is 0 Å². The summed E-state index contributed by atoms with van der Waals surface area (Å²) in [6, 6.07) is 2.38. The van der Waals surface area contributed by atoms with E-state index in [1.165, 1.54) is 18.4 Å². The van der Waals surface area contributed by atoms with Crippen LogP contribution in [0.15, 0.2) is 18.5 Å². The monoisotopic (exact) mass is 292 g/mol. The quantitative estimate of drug-likeness (QED) is 0.835. The Morgan fingerprint density at radius 2 is 2.24 bits per heavy atom. The molecule has 1 aliphatic rings. The third-order valence-electron chi connectivity index (χ3n) is 3.73. The maximum atomic E-state index is 5.88. The summed E-state index contributed by atoms with van der Waals surface area (Å²) in [6.07, 6.45) is 8.88. The van der Waals surface area contributed by atoms with Crippen molar-refractivity contribution in [3.05, 3.63) is 24.0 Å². The minimum absolute atomic E-state index is 0.168. The van der Waals surface area contributed by atoms with Crippen molar-refractivity contribution in [2.75, 3.05) is 13.2 Å². The third-order valence-corrected chi connectivity index (χ3v) is 3.73. The molecule has 2 unspecified atom stereocenters. The van der Waals surface area contributed by atoms with Crippen molar-refractivity contribution in [3.63, 3.8) is 0 Å². The van der Waals surface area contributed by atoms with Crippen LogP contribution in [0.25, 0.3) is 0 Å². The zero-order chi connectivity index (χ0) is 15.1. The molecule has 1 aromatic heterocycles. The smallest absolute Gasteiger partial charge is 0.138 e. The topological polar surface area (TPSA) is 43.4 Å². The van der Waals surface area contributed by atoms with Gasteiger partial charge in [-0.05, 0) is 57.7 Å². The molecule has 0 saturated carbocycles. The fourth-order valence-corrected chi connectivity index (χ4v) is 2.80. The Kier molecular flexibility index (Phi) is 6.46. The molecule has 0 aliphatic carbocycles. The lowest BCUT2D eigenvalue weighted by atomic mass is 9.97. The summed E-state index contributed by atoms with van der Waals surface area (Å²) in [6.45, 7) is 8.04. The minimum Gasteiger partial charge on any atom is -0.489 e. The van der Waals surface area contributed by atoms with E-state index in [4.69, 9.17) is 9.47 Å². The highest BCUT2D eigenvalue weighted by molar-refractivity contribution is 5.26. The Morgan fingerprint density at radius 3 is 2.90 bits per heavy atom. The van der Waals surface area contributed by atoms with Gasteiger partial charge in [-0.25, -0.2) is 0 Å². The van der Waals surface area contributed by atoms with Crippen molar-refractivity contribution < 1.29 is 9.47 Å². The predicted molar refractivity (Wildman–Crippen MR) is 84.6 cm³/mol. The highest BCUT2D eigenvalue weighted by Gasteiger charge is 2.21. The van der Waals surface area contributed by atoms with Gasteiger partial charge in [0.1, 0.15) is 5.75 Å². The molecule has 0 spiro atoms. The van der Waals surface area contributed by atoms with Crippen LogP contribution in [0, 0.1) is 0 Å². The van der Waals surface area contributed by atoms with Crippen LogP contribution in [0.5, 0.6) is 5.75 Å². The molecular weight excluding hydrogens is 264 g/mol. The van der Waals surface area contributed by atoms with E-state index in [9.17, 15) is 0 Å². The van der Waals surface area contributed by atoms with Gasteiger partial charge < -0.3 is 14.8 Å². The van der Waals surface area contributed by atoms with Gasteiger partial charge in [-0.15, -0.1) is 0 Å². The summed E-state index contributed by atoms with van der Waals surface area (Å²) in [5, 5.41) is 3.55. The van der Waals surface area contributed by atoms with Crippen molar-refractivity contribution in [1.82, 2.24) is 10.3 Å². The molecule has 1 aromatic rings. The van der Waals surface area contributed by atoms with E-state index in [1.807, 2.05) is 20.0 Å². The van der Waals surface area contributed by atoms with Crippen LogP contribution >= 0.6 is 0 Å². The molecule has 1 N–H and O–H groups in total. The van der Waals surface area contributed by atoms with Crippen LogP contribution in [0.1, 0.15) is 58.1 Å². The van der Waals surface area contributed by atoms with E-state index in [1.54, 1.807) is 6.20 Å². The van der Waals surface area contributed by atoms with E-state index in [-0.39, 0.29) is 12.1 Å². The van der Waals surface area contributed by atoms with Crippen molar-refractivity contribution >= 4 is 0 Å². The molecule has 118 valence electrons. The summed E-state index contributed by atoms with van der Waals surface area (Å²) in [5.41, 5.74) is 1.18. The van der Waals surface area contributed by atoms with Crippen LogP contribution in [0.4, 0.5) is 0 Å². The van der Waals surface area contributed by atoms with E-state index in [0.717, 1.165) is 31.7 Å². The molecular formula is C17H28N2O2. The fourth-order valence-electron chi connectivity index (χ4n) is 2.80. The summed E-state index contributed by atoms with van der Waals surface area (Å²) in [5.74, 6) is 0.843. The molecule has 0 aromatic carbocycles. The maximum Gasteiger partial charge on any atom is 0.138 e. The van der Waals surface area contributed by atoms with E-state index in [2.05, 4.69) is 23.3 Å². The fraction of sp³-hybridized carbons (Fsp3) is 0.706. The van der Waals surface area contributed by atoms with E-state index in [0.29, 0.717) is 6.10 Å². The van der Waals surface area contributed by atoms with Crippen molar-refractivity contribution in [2.45, 2.75) is 64.7 Å². The van der Waals surface area contributed by atoms with Gasteiger partial charge in [-0.1, -0.05) is 6.92 Å². The normalized spacial score (nSPS) is 20.5. The lowest BCUT2D eigenvalue weighted by molar-refractivity contribution is 0.00510. The Hall–Kier alpha value is -1.13. The minimum atomic E-state index is 0.168. The Labute approximate surface area is 128 Å². The molecule has 2 rings (SSSR count). The third kappa shape index (κ3) is 5.29. The number of nitrogens with zero attached hydrogens (tertiary/aromatic N) is 1. The average molecular weight is 292 g/mol. The van der Waals surface area contributed by atoms with Gasteiger partial charge in [-0.3, -0.25) is 4.98 Å². The van der Waals surface area contributed by atoms with Crippen molar-refractivity contribution in [3.8, 4) is 5.75 Å². The molecule has 2 heterocycles. The average Bonchev–Trinajstić information content (AvgIpc) is 2.47. The molecule has 21 heavy (non-hydrogen) atoms. The van der Waals surface area contributed by atoms with Crippen LogP contribution in [0.3, 0.4) is 0 Å². The van der Waals surface area contributed by atoms with Crippen LogP contribution in [0.2, 0.25) is 0 Å². The van der Waals surface area contributed by atoms with Crippen molar-refractivity contribution in [1.29, 1.82) is 0 Å². The molecule has 1 fully saturated rings. The van der Waals surface area contributed by atoms with Gasteiger partial charge in [0.2, 0.25) is 0 Å². The summed E-state index contributed by atoms with van der Waals surface area (Å²) >= 11 is 0. The first-order valence-corrected chi connectivity index (χ1v) is 8.15. The molecule has 2 atom stereocenters. The maximum absolute atomic E-state index is 5.88. The summed E-state index contributed by atoms with van der Waals surface area (Å²) in [7, 11) is 0. The Balaban J connectivity index is 2.05. The number of hydrogen-bond donors (Lipinski definition) is 1. The highest BCUT2D eigenvalue weighted by Crippen LogP contribution is 2.26. The lowest BCUT2D eigenvalue weighted by Gasteiger charge is -2.27. The molecule has 4 nitrogen and oxygen atoms in total. The zero-order valence-electron chi connectivity index (χ0n) is 13.5. The van der Waals surface area contributed by atoms with Crippen LogP contribution in [-0.4, -0.2) is 30.3 Å². The Bertz CT molecular complexity index is 417. The number of aromatic nitrogens is 1. The first kappa shape index (κ1) is 16.2. The second-order valence-electron chi connectivity index (χ2n) is 5.96. The molecule has 0 radical (unpaired) electrons.